The molecular weight excluding hydrogens is 216 g/mol. The van der Waals surface area contributed by atoms with Crippen LogP contribution in [-0.2, 0) is 16.0 Å². The molecule has 2 N–H and O–H groups in total. The van der Waals surface area contributed by atoms with E-state index in [0.717, 1.165) is 25.1 Å². The highest BCUT2D eigenvalue weighted by atomic mass is 16.5. The van der Waals surface area contributed by atoms with Crippen molar-refractivity contribution in [3.8, 4) is 0 Å². The second-order valence-electron chi connectivity index (χ2n) is 4.15. The normalized spacial score (nSPS) is 13.0. The third-order valence-corrected chi connectivity index (χ3v) is 2.68. The van der Waals surface area contributed by atoms with E-state index < -0.39 is 0 Å². The lowest BCUT2D eigenvalue weighted by atomic mass is 10.1. The van der Waals surface area contributed by atoms with E-state index in [0.29, 0.717) is 6.61 Å². The summed E-state index contributed by atoms with van der Waals surface area (Å²) in [5.74, 6) is -0.0932. The molecule has 0 bridgehead atoms. The van der Waals surface area contributed by atoms with Crippen LogP contribution in [0.1, 0.15) is 18.9 Å². The van der Waals surface area contributed by atoms with Gasteiger partial charge in [-0.3, -0.25) is 4.79 Å². The molecule has 0 spiro atoms. The molecule has 0 atom stereocenters. The van der Waals surface area contributed by atoms with Gasteiger partial charge >= 0.3 is 0 Å². The molecule has 1 aliphatic heterocycles. The van der Waals surface area contributed by atoms with Crippen molar-refractivity contribution < 1.29 is 9.53 Å². The van der Waals surface area contributed by atoms with Crippen LogP contribution in [-0.4, -0.2) is 25.7 Å². The number of nitrogens with one attached hydrogen (secondary N) is 2. The predicted molar refractivity (Wildman–Crippen MR) is 68.4 cm³/mol. The molecule has 2 rings (SSSR count). The Hall–Kier alpha value is -1.55. The summed E-state index contributed by atoms with van der Waals surface area (Å²) in [6.45, 7) is 3.75. The third-order valence-electron chi connectivity index (χ3n) is 2.68. The van der Waals surface area contributed by atoms with Crippen molar-refractivity contribution in [2.75, 3.05) is 30.4 Å². The Morgan fingerprint density at radius 3 is 3.24 bits per heavy atom. The SMILES string of the molecule is CCCOCC(=O)Nc1ccc2c(c1)CCN2. The molecule has 1 aromatic carbocycles. The molecule has 1 aromatic rings. The summed E-state index contributed by atoms with van der Waals surface area (Å²) in [4.78, 5) is 11.5. The van der Waals surface area contributed by atoms with E-state index >= 15 is 0 Å². The maximum atomic E-state index is 11.5. The summed E-state index contributed by atoms with van der Waals surface area (Å²) in [7, 11) is 0. The molecule has 0 radical (unpaired) electrons. The average Bonchev–Trinajstić information content (AvgIpc) is 2.76. The van der Waals surface area contributed by atoms with E-state index in [9.17, 15) is 4.79 Å². The van der Waals surface area contributed by atoms with Gasteiger partial charge in [0.1, 0.15) is 6.61 Å². The minimum atomic E-state index is -0.0932. The van der Waals surface area contributed by atoms with Gasteiger partial charge in [-0.2, -0.15) is 0 Å². The lowest BCUT2D eigenvalue weighted by Gasteiger charge is -2.07. The Morgan fingerprint density at radius 1 is 1.53 bits per heavy atom. The molecule has 1 aliphatic rings. The van der Waals surface area contributed by atoms with E-state index in [1.807, 2.05) is 25.1 Å². The van der Waals surface area contributed by atoms with Crippen molar-refractivity contribution in [2.45, 2.75) is 19.8 Å². The van der Waals surface area contributed by atoms with Gasteiger partial charge in [0.2, 0.25) is 5.91 Å². The molecule has 4 nitrogen and oxygen atoms in total. The topological polar surface area (TPSA) is 50.4 Å². The molecule has 92 valence electrons. The van der Waals surface area contributed by atoms with Crippen LogP contribution in [0.25, 0.3) is 0 Å². The van der Waals surface area contributed by atoms with Crippen LogP contribution in [0.3, 0.4) is 0 Å². The zero-order valence-corrected chi connectivity index (χ0v) is 10.1. The van der Waals surface area contributed by atoms with Crippen LogP contribution in [0.2, 0.25) is 0 Å². The lowest BCUT2D eigenvalue weighted by molar-refractivity contribution is -0.120. The van der Waals surface area contributed by atoms with Crippen molar-refractivity contribution >= 4 is 17.3 Å². The predicted octanol–water partition coefficient (Wildman–Crippen LogP) is 2.02. The maximum absolute atomic E-state index is 11.5. The summed E-state index contributed by atoms with van der Waals surface area (Å²) >= 11 is 0. The number of fused-ring (bicyclic) bond motifs is 1. The Balaban J connectivity index is 1.88. The van der Waals surface area contributed by atoms with Crippen LogP contribution >= 0.6 is 0 Å². The third kappa shape index (κ3) is 3.20. The fraction of sp³-hybridized carbons (Fsp3) is 0.462. The summed E-state index contributed by atoms with van der Waals surface area (Å²) in [6, 6.07) is 5.94. The Bertz CT molecular complexity index is 404. The maximum Gasteiger partial charge on any atom is 0.250 e. The van der Waals surface area contributed by atoms with Gasteiger partial charge in [-0.05, 0) is 36.6 Å². The molecule has 0 saturated carbocycles. The molecule has 0 aliphatic carbocycles. The number of carbonyl (C=O) groups is 1. The van der Waals surface area contributed by atoms with Crippen LogP contribution in [0.5, 0.6) is 0 Å². The Morgan fingerprint density at radius 2 is 2.41 bits per heavy atom. The van der Waals surface area contributed by atoms with Crippen molar-refractivity contribution in [3.63, 3.8) is 0 Å². The average molecular weight is 234 g/mol. The number of anilines is 2. The van der Waals surface area contributed by atoms with Gasteiger partial charge in [-0.15, -0.1) is 0 Å². The quantitative estimate of drug-likeness (QED) is 0.766. The highest BCUT2D eigenvalue weighted by Gasteiger charge is 2.10. The van der Waals surface area contributed by atoms with Gasteiger partial charge in [0.05, 0.1) is 0 Å². The number of rotatable bonds is 5. The summed E-state index contributed by atoms with van der Waals surface area (Å²) < 4.78 is 5.19. The summed E-state index contributed by atoms with van der Waals surface area (Å²) in [5.41, 5.74) is 3.28. The van der Waals surface area contributed by atoms with Crippen LogP contribution in [0.15, 0.2) is 18.2 Å². The van der Waals surface area contributed by atoms with E-state index in [1.165, 1.54) is 11.3 Å². The van der Waals surface area contributed by atoms with Crippen LogP contribution in [0.4, 0.5) is 11.4 Å². The molecular formula is C13H18N2O2. The highest BCUT2D eigenvalue weighted by molar-refractivity contribution is 5.92. The Labute approximate surface area is 101 Å². The number of hydrogen-bond donors (Lipinski definition) is 2. The van der Waals surface area contributed by atoms with Gasteiger partial charge < -0.3 is 15.4 Å². The monoisotopic (exact) mass is 234 g/mol. The van der Waals surface area contributed by atoms with E-state index in [2.05, 4.69) is 10.6 Å². The first-order chi connectivity index (χ1) is 8.29. The first-order valence-corrected chi connectivity index (χ1v) is 6.04. The standard InChI is InChI=1S/C13H18N2O2/c1-2-7-17-9-13(16)15-11-3-4-12-10(8-11)5-6-14-12/h3-4,8,14H,2,5-7,9H2,1H3,(H,15,16). The number of ether oxygens (including phenoxy) is 1. The number of benzene rings is 1. The lowest BCUT2D eigenvalue weighted by Crippen LogP contribution is -2.18. The van der Waals surface area contributed by atoms with Crippen LogP contribution < -0.4 is 10.6 Å². The zero-order valence-electron chi connectivity index (χ0n) is 10.1. The number of carbonyl (C=O) groups excluding carboxylic acids is 1. The fourth-order valence-corrected chi connectivity index (χ4v) is 1.89. The van der Waals surface area contributed by atoms with Gasteiger partial charge in [-0.25, -0.2) is 0 Å². The molecule has 0 fully saturated rings. The molecule has 0 unspecified atom stereocenters. The molecule has 4 heteroatoms. The Kier molecular flexibility index (Phi) is 3.98. The van der Waals surface area contributed by atoms with Gasteiger partial charge in [0.25, 0.3) is 0 Å². The molecule has 17 heavy (non-hydrogen) atoms. The smallest absolute Gasteiger partial charge is 0.250 e. The summed E-state index contributed by atoms with van der Waals surface area (Å²) in [5, 5.41) is 6.12. The fourth-order valence-electron chi connectivity index (χ4n) is 1.89. The number of hydrogen-bond acceptors (Lipinski definition) is 3. The minimum Gasteiger partial charge on any atom is -0.384 e. The van der Waals surface area contributed by atoms with E-state index in [-0.39, 0.29) is 12.5 Å². The van der Waals surface area contributed by atoms with Gasteiger partial charge in [0, 0.05) is 24.5 Å². The van der Waals surface area contributed by atoms with Gasteiger partial charge in [0.15, 0.2) is 0 Å². The second-order valence-corrected chi connectivity index (χ2v) is 4.15. The van der Waals surface area contributed by atoms with Crippen LogP contribution in [0, 0.1) is 0 Å². The summed E-state index contributed by atoms with van der Waals surface area (Å²) in [6.07, 6.45) is 1.95. The zero-order chi connectivity index (χ0) is 12.1. The molecule has 1 heterocycles. The second kappa shape index (κ2) is 5.68. The highest BCUT2D eigenvalue weighted by Crippen LogP contribution is 2.25. The van der Waals surface area contributed by atoms with E-state index in [1.54, 1.807) is 0 Å². The first kappa shape index (κ1) is 11.9. The molecule has 0 saturated heterocycles. The number of amides is 1. The van der Waals surface area contributed by atoms with E-state index in [4.69, 9.17) is 4.74 Å². The first-order valence-electron chi connectivity index (χ1n) is 6.04. The molecule has 1 amide bonds. The van der Waals surface area contributed by atoms with Crippen molar-refractivity contribution in [3.05, 3.63) is 23.8 Å². The van der Waals surface area contributed by atoms with Gasteiger partial charge in [-0.1, -0.05) is 6.92 Å². The van der Waals surface area contributed by atoms with Crippen molar-refractivity contribution in [2.24, 2.45) is 0 Å². The largest absolute Gasteiger partial charge is 0.384 e. The minimum absolute atomic E-state index is 0.0932. The van der Waals surface area contributed by atoms with Crippen molar-refractivity contribution in [1.29, 1.82) is 0 Å². The molecule has 0 aromatic heterocycles. The van der Waals surface area contributed by atoms with Crippen molar-refractivity contribution in [1.82, 2.24) is 0 Å².